The molecule has 0 unspecified atom stereocenters. The lowest BCUT2D eigenvalue weighted by Gasteiger charge is -2.17. The summed E-state index contributed by atoms with van der Waals surface area (Å²) in [6, 6.07) is 72.7. The Balaban J connectivity index is 1.15. The van der Waals surface area contributed by atoms with Crippen LogP contribution in [0.5, 0.6) is 0 Å². The van der Waals surface area contributed by atoms with Crippen LogP contribution in [0.1, 0.15) is 0 Å². The van der Waals surface area contributed by atoms with E-state index in [4.69, 9.17) is 19.4 Å². The molecule has 0 bridgehead atoms. The van der Waals surface area contributed by atoms with E-state index >= 15 is 0 Å². The van der Waals surface area contributed by atoms with Crippen molar-refractivity contribution in [1.82, 2.24) is 19.5 Å². The van der Waals surface area contributed by atoms with Gasteiger partial charge in [-0.3, -0.25) is 0 Å². The number of thiophene rings is 1. The minimum atomic E-state index is 0.600. The van der Waals surface area contributed by atoms with E-state index in [9.17, 15) is 0 Å². The van der Waals surface area contributed by atoms with Gasteiger partial charge >= 0.3 is 0 Å². The molecule has 13 rings (SSSR count). The van der Waals surface area contributed by atoms with Crippen LogP contribution >= 0.6 is 11.3 Å². The molecule has 63 heavy (non-hydrogen) atoms. The second-order valence-corrected chi connectivity index (χ2v) is 17.0. The fourth-order valence-electron chi connectivity index (χ4n) is 9.37. The van der Waals surface area contributed by atoms with Gasteiger partial charge in [0.2, 0.25) is 0 Å². The monoisotopic (exact) mass is 822 g/mol. The van der Waals surface area contributed by atoms with Crippen LogP contribution in [0.15, 0.2) is 211 Å². The quantitative estimate of drug-likeness (QED) is 0.168. The summed E-state index contributed by atoms with van der Waals surface area (Å²) in [6.45, 7) is 0. The molecule has 0 spiro atoms. The number of nitrogens with zero attached hydrogens (tertiary/aromatic N) is 4. The fraction of sp³-hybridized carbons (Fsp3) is 0. The molecule has 4 heterocycles. The topological polar surface area (TPSA) is 56.7 Å². The van der Waals surface area contributed by atoms with Gasteiger partial charge in [0.05, 0.1) is 11.0 Å². The minimum absolute atomic E-state index is 0.600. The van der Waals surface area contributed by atoms with Crippen LogP contribution in [0.25, 0.3) is 126 Å². The summed E-state index contributed by atoms with van der Waals surface area (Å²) in [4.78, 5) is 15.7. The van der Waals surface area contributed by atoms with Crippen LogP contribution in [0.4, 0.5) is 0 Å². The van der Waals surface area contributed by atoms with E-state index in [2.05, 4.69) is 162 Å². The second-order valence-electron chi connectivity index (χ2n) is 15.9. The second kappa shape index (κ2) is 14.2. The predicted molar refractivity (Wildman–Crippen MR) is 262 cm³/mol. The molecule has 0 atom stereocenters. The normalized spacial score (nSPS) is 11.8. The number of furan rings is 1. The smallest absolute Gasteiger partial charge is 0.164 e. The van der Waals surface area contributed by atoms with Crippen LogP contribution in [-0.2, 0) is 0 Å². The van der Waals surface area contributed by atoms with Gasteiger partial charge in [-0.05, 0) is 59.7 Å². The first-order chi connectivity index (χ1) is 31.2. The van der Waals surface area contributed by atoms with E-state index in [1.807, 2.05) is 59.9 Å². The van der Waals surface area contributed by atoms with Gasteiger partial charge in [-0.1, -0.05) is 158 Å². The van der Waals surface area contributed by atoms with Crippen molar-refractivity contribution in [2.45, 2.75) is 0 Å². The lowest BCUT2D eigenvalue weighted by Crippen LogP contribution is -2.01. The van der Waals surface area contributed by atoms with Gasteiger partial charge in [0.25, 0.3) is 0 Å². The van der Waals surface area contributed by atoms with Crippen molar-refractivity contribution in [2.75, 3.05) is 0 Å². The zero-order chi connectivity index (χ0) is 41.4. The number of benzene rings is 9. The molecule has 0 radical (unpaired) electrons. The van der Waals surface area contributed by atoms with Gasteiger partial charge < -0.3 is 8.98 Å². The molecule has 0 fully saturated rings. The Labute approximate surface area is 365 Å². The number of hydrogen-bond donors (Lipinski definition) is 0. The van der Waals surface area contributed by atoms with Gasteiger partial charge in [-0.2, -0.15) is 0 Å². The minimum Gasteiger partial charge on any atom is -0.455 e. The van der Waals surface area contributed by atoms with Gasteiger partial charge in [0.15, 0.2) is 17.5 Å². The molecule has 6 heteroatoms. The largest absolute Gasteiger partial charge is 0.455 e. The third kappa shape index (κ3) is 5.73. The third-order valence-corrected chi connectivity index (χ3v) is 13.5. The van der Waals surface area contributed by atoms with Gasteiger partial charge in [-0.15, -0.1) is 11.3 Å². The van der Waals surface area contributed by atoms with Crippen molar-refractivity contribution in [3.8, 4) is 62.1 Å². The van der Waals surface area contributed by atoms with Crippen LogP contribution in [0.2, 0.25) is 0 Å². The van der Waals surface area contributed by atoms with E-state index in [0.717, 1.165) is 77.6 Å². The summed E-state index contributed by atoms with van der Waals surface area (Å²) in [5.41, 5.74) is 12.1. The van der Waals surface area contributed by atoms with Gasteiger partial charge in [0, 0.05) is 75.2 Å². The van der Waals surface area contributed by atoms with Crippen molar-refractivity contribution < 1.29 is 4.42 Å². The van der Waals surface area contributed by atoms with Crippen LogP contribution in [-0.4, -0.2) is 19.5 Å². The van der Waals surface area contributed by atoms with Gasteiger partial charge in [-0.25, -0.2) is 15.0 Å². The summed E-state index contributed by atoms with van der Waals surface area (Å²) in [6.07, 6.45) is 0. The Morgan fingerprint density at radius 1 is 0.365 bits per heavy atom. The lowest BCUT2D eigenvalue weighted by atomic mass is 9.92. The van der Waals surface area contributed by atoms with E-state index < -0.39 is 0 Å². The van der Waals surface area contributed by atoms with Gasteiger partial charge in [0.1, 0.15) is 11.2 Å². The average molecular weight is 823 g/mol. The van der Waals surface area contributed by atoms with Crippen LogP contribution in [0.3, 0.4) is 0 Å². The molecule has 0 aliphatic heterocycles. The van der Waals surface area contributed by atoms with Crippen molar-refractivity contribution >= 4 is 75.3 Å². The fourth-order valence-corrected chi connectivity index (χ4v) is 10.6. The number of fused-ring (bicyclic) bond motifs is 9. The van der Waals surface area contributed by atoms with E-state index in [1.165, 1.54) is 30.9 Å². The maximum Gasteiger partial charge on any atom is 0.164 e. The number of rotatable bonds is 6. The first-order valence-corrected chi connectivity index (χ1v) is 21.9. The van der Waals surface area contributed by atoms with Crippen molar-refractivity contribution in [3.05, 3.63) is 206 Å². The molecule has 0 amide bonds. The lowest BCUT2D eigenvalue weighted by molar-refractivity contribution is 0.670. The first-order valence-electron chi connectivity index (χ1n) is 21.1. The van der Waals surface area contributed by atoms with E-state index in [1.54, 1.807) is 0 Å². The summed E-state index contributed by atoms with van der Waals surface area (Å²) >= 11 is 1.83. The average Bonchev–Trinajstić information content (AvgIpc) is 4.04. The van der Waals surface area contributed by atoms with Crippen molar-refractivity contribution in [1.29, 1.82) is 0 Å². The summed E-state index contributed by atoms with van der Waals surface area (Å²) < 4.78 is 11.5. The van der Waals surface area contributed by atoms with Crippen molar-refractivity contribution in [2.24, 2.45) is 0 Å². The molecule has 0 N–H and O–H groups in total. The van der Waals surface area contributed by atoms with Crippen molar-refractivity contribution in [3.63, 3.8) is 0 Å². The Hall–Kier alpha value is -8.19. The Morgan fingerprint density at radius 3 is 1.67 bits per heavy atom. The van der Waals surface area contributed by atoms with E-state index in [-0.39, 0.29) is 0 Å². The Bertz CT molecular complexity index is 3810. The third-order valence-electron chi connectivity index (χ3n) is 12.3. The number of hydrogen-bond acceptors (Lipinski definition) is 5. The molecule has 5 nitrogen and oxygen atoms in total. The first kappa shape index (κ1) is 35.6. The number of para-hydroxylation sites is 4. The molecule has 9 aromatic carbocycles. The molecule has 0 saturated heterocycles. The highest BCUT2D eigenvalue weighted by atomic mass is 32.1. The molecular weight excluding hydrogens is 789 g/mol. The molecule has 0 aliphatic rings. The molecule has 0 aliphatic carbocycles. The Kier molecular flexibility index (Phi) is 8.01. The standard InChI is InChI=1S/C57H34N4OS/c1-3-16-35(17-4-1)55-58-56(36-18-5-2-6-19-36)60-57(59-55)45-31-30-37(39-24-15-25-44-42-22-9-13-28-51(42)62-53(39)44)32-46(45)48-34-38(33-47-43-23-10-14-29-52(43)63-54(47)48)61-49-26-11-7-20-40(49)41-21-8-12-27-50(41)61/h1-34H. The van der Waals surface area contributed by atoms with E-state index in [0.29, 0.717) is 17.5 Å². The highest BCUT2D eigenvalue weighted by molar-refractivity contribution is 7.26. The highest BCUT2D eigenvalue weighted by Gasteiger charge is 2.23. The maximum absolute atomic E-state index is 6.65. The van der Waals surface area contributed by atoms with Crippen LogP contribution < -0.4 is 0 Å². The molecule has 4 aromatic heterocycles. The summed E-state index contributed by atoms with van der Waals surface area (Å²) in [7, 11) is 0. The highest BCUT2D eigenvalue weighted by Crippen LogP contribution is 2.47. The SMILES string of the molecule is c1ccc(-c2nc(-c3ccccc3)nc(-c3ccc(-c4cccc5c4oc4ccccc45)cc3-c3cc(-n4c5ccccc5c5ccccc54)cc4c3sc3ccccc34)n2)cc1. The number of aromatic nitrogens is 4. The predicted octanol–water partition coefficient (Wildman–Crippen LogP) is 15.6. The zero-order valence-corrected chi connectivity index (χ0v) is 34.6. The van der Waals surface area contributed by atoms with Crippen LogP contribution in [0, 0.1) is 0 Å². The molecule has 0 saturated carbocycles. The summed E-state index contributed by atoms with van der Waals surface area (Å²) in [5, 5.41) is 7.06. The Morgan fingerprint density at radius 2 is 0.952 bits per heavy atom. The zero-order valence-electron chi connectivity index (χ0n) is 33.7. The molecule has 294 valence electrons. The molecular formula is C57H34N4OS. The maximum atomic E-state index is 6.65. The summed E-state index contributed by atoms with van der Waals surface area (Å²) in [5.74, 6) is 1.84. The molecule has 13 aromatic rings.